The molecule has 144 valence electrons. The summed E-state index contributed by atoms with van der Waals surface area (Å²) < 4.78 is 0. The third kappa shape index (κ3) is 5.67. The number of piperidine rings is 1. The van der Waals surface area contributed by atoms with Crippen LogP contribution in [0.15, 0.2) is 36.7 Å². The highest BCUT2D eigenvalue weighted by Crippen LogP contribution is 2.25. The van der Waals surface area contributed by atoms with Crippen LogP contribution in [-0.4, -0.2) is 35.5 Å². The monoisotopic (exact) mass is 367 g/mol. The van der Waals surface area contributed by atoms with Crippen LogP contribution in [0, 0.1) is 12.8 Å². The fraction of sp³-hybridized carbons (Fsp3) is 0.476. The molecule has 2 N–H and O–H groups in total. The Morgan fingerprint density at radius 2 is 2.19 bits per heavy atom. The summed E-state index contributed by atoms with van der Waals surface area (Å²) in [7, 11) is 0. The number of benzene rings is 1. The van der Waals surface area contributed by atoms with Gasteiger partial charge in [0.25, 0.3) is 0 Å². The zero-order chi connectivity index (χ0) is 19.1. The van der Waals surface area contributed by atoms with Crippen LogP contribution in [0.3, 0.4) is 0 Å². The first-order valence-corrected chi connectivity index (χ1v) is 9.81. The lowest BCUT2D eigenvalue weighted by atomic mass is 9.93. The minimum Gasteiger partial charge on any atom is -0.370 e. The van der Waals surface area contributed by atoms with Gasteiger partial charge in [-0.3, -0.25) is 4.79 Å². The molecular weight excluding hydrogens is 338 g/mol. The zero-order valence-electron chi connectivity index (χ0n) is 16.2. The molecule has 0 bridgehead atoms. The third-order valence-electron chi connectivity index (χ3n) is 4.94. The largest absolute Gasteiger partial charge is 0.370 e. The van der Waals surface area contributed by atoms with Crippen LogP contribution < -0.4 is 15.5 Å². The summed E-state index contributed by atoms with van der Waals surface area (Å²) in [5.74, 6) is 2.44. The first-order valence-electron chi connectivity index (χ1n) is 9.81. The van der Waals surface area contributed by atoms with E-state index in [9.17, 15) is 4.79 Å². The quantitative estimate of drug-likeness (QED) is 0.778. The van der Waals surface area contributed by atoms with Gasteiger partial charge in [0.2, 0.25) is 5.91 Å². The normalized spacial score (nSPS) is 16.8. The van der Waals surface area contributed by atoms with E-state index in [0.717, 1.165) is 55.4 Å². The Morgan fingerprint density at radius 1 is 1.30 bits per heavy atom. The van der Waals surface area contributed by atoms with E-state index in [1.54, 1.807) is 6.33 Å². The minimum absolute atomic E-state index is 0.0918. The summed E-state index contributed by atoms with van der Waals surface area (Å²) in [5.41, 5.74) is 2.03. The average Bonchev–Trinajstić information content (AvgIpc) is 2.67. The number of rotatable bonds is 7. The van der Waals surface area contributed by atoms with E-state index < -0.39 is 0 Å². The predicted octanol–water partition coefficient (Wildman–Crippen LogP) is 3.85. The molecule has 2 aromatic rings. The molecule has 1 aliphatic rings. The second-order valence-electron chi connectivity index (χ2n) is 7.20. The van der Waals surface area contributed by atoms with E-state index in [1.165, 1.54) is 6.42 Å². The molecule has 1 aliphatic heterocycles. The van der Waals surface area contributed by atoms with Crippen LogP contribution >= 0.6 is 0 Å². The minimum atomic E-state index is 0.0918. The molecule has 0 aliphatic carbocycles. The van der Waals surface area contributed by atoms with Gasteiger partial charge in [-0.2, -0.15) is 0 Å². The van der Waals surface area contributed by atoms with Crippen LogP contribution in [0.4, 0.5) is 17.3 Å². The molecule has 1 saturated heterocycles. The van der Waals surface area contributed by atoms with Crippen molar-refractivity contribution in [1.82, 2.24) is 9.97 Å². The van der Waals surface area contributed by atoms with Gasteiger partial charge in [0.1, 0.15) is 18.0 Å². The SMILES string of the molecule is CCNc1cc(N2CCC[C@H](CCC(=O)Nc3cccc(C)c3)C2)ncn1. The Hall–Kier alpha value is -2.63. The molecule has 0 spiro atoms. The summed E-state index contributed by atoms with van der Waals surface area (Å²) >= 11 is 0. The fourth-order valence-corrected chi connectivity index (χ4v) is 3.59. The van der Waals surface area contributed by atoms with E-state index in [2.05, 4.69) is 32.4 Å². The van der Waals surface area contributed by atoms with Crippen LogP contribution in [0.2, 0.25) is 0 Å². The van der Waals surface area contributed by atoms with Gasteiger partial charge in [-0.15, -0.1) is 0 Å². The number of amides is 1. The van der Waals surface area contributed by atoms with Gasteiger partial charge < -0.3 is 15.5 Å². The second-order valence-corrected chi connectivity index (χ2v) is 7.20. The van der Waals surface area contributed by atoms with Crippen molar-refractivity contribution >= 4 is 23.2 Å². The number of aromatic nitrogens is 2. The molecule has 1 amide bonds. The molecule has 1 aromatic heterocycles. The first-order chi connectivity index (χ1) is 13.1. The topological polar surface area (TPSA) is 70.2 Å². The van der Waals surface area contributed by atoms with E-state index in [1.807, 2.05) is 37.3 Å². The molecule has 0 unspecified atom stereocenters. The Balaban J connectivity index is 1.51. The number of carbonyl (C=O) groups excluding carboxylic acids is 1. The molecule has 0 saturated carbocycles. The number of hydrogen-bond acceptors (Lipinski definition) is 5. The summed E-state index contributed by atoms with van der Waals surface area (Å²) in [6, 6.07) is 9.94. The highest BCUT2D eigenvalue weighted by atomic mass is 16.1. The van der Waals surface area contributed by atoms with Crippen molar-refractivity contribution in [3.05, 3.63) is 42.2 Å². The maximum absolute atomic E-state index is 12.3. The molecule has 3 rings (SSSR count). The zero-order valence-corrected chi connectivity index (χ0v) is 16.2. The van der Waals surface area contributed by atoms with Crippen molar-refractivity contribution in [2.75, 3.05) is 35.2 Å². The van der Waals surface area contributed by atoms with Crippen LogP contribution in [0.25, 0.3) is 0 Å². The summed E-state index contributed by atoms with van der Waals surface area (Å²) in [4.78, 5) is 23.3. The Morgan fingerprint density at radius 3 is 3.00 bits per heavy atom. The van der Waals surface area contributed by atoms with E-state index >= 15 is 0 Å². The molecule has 2 heterocycles. The maximum Gasteiger partial charge on any atom is 0.224 e. The Kier molecular flexibility index (Phi) is 6.63. The van der Waals surface area contributed by atoms with Crippen molar-refractivity contribution in [2.45, 2.75) is 39.5 Å². The van der Waals surface area contributed by atoms with Crippen LogP contribution in [0.1, 0.15) is 38.2 Å². The van der Waals surface area contributed by atoms with Crippen molar-refractivity contribution in [2.24, 2.45) is 5.92 Å². The van der Waals surface area contributed by atoms with Crippen molar-refractivity contribution in [1.29, 1.82) is 0 Å². The summed E-state index contributed by atoms with van der Waals surface area (Å²) in [5, 5.41) is 6.24. The lowest BCUT2D eigenvalue weighted by Gasteiger charge is -2.33. The Labute approximate surface area is 161 Å². The Bertz CT molecular complexity index is 764. The predicted molar refractivity (Wildman–Crippen MR) is 110 cm³/mol. The van der Waals surface area contributed by atoms with Gasteiger partial charge in [0, 0.05) is 37.8 Å². The fourth-order valence-electron chi connectivity index (χ4n) is 3.59. The molecule has 6 nitrogen and oxygen atoms in total. The molecule has 6 heteroatoms. The number of hydrogen-bond donors (Lipinski definition) is 2. The summed E-state index contributed by atoms with van der Waals surface area (Å²) in [6.07, 6.45) is 5.37. The highest BCUT2D eigenvalue weighted by molar-refractivity contribution is 5.90. The van der Waals surface area contributed by atoms with Gasteiger partial charge in [-0.25, -0.2) is 9.97 Å². The van der Waals surface area contributed by atoms with Gasteiger partial charge in [-0.1, -0.05) is 12.1 Å². The smallest absolute Gasteiger partial charge is 0.224 e. The number of nitrogens with one attached hydrogen (secondary N) is 2. The number of carbonyl (C=O) groups is 1. The van der Waals surface area contributed by atoms with Crippen molar-refractivity contribution < 1.29 is 4.79 Å². The van der Waals surface area contributed by atoms with E-state index in [-0.39, 0.29) is 5.91 Å². The van der Waals surface area contributed by atoms with E-state index in [4.69, 9.17) is 0 Å². The van der Waals surface area contributed by atoms with Crippen molar-refractivity contribution in [3.63, 3.8) is 0 Å². The number of anilines is 3. The summed E-state index contributed by atoms with van der Waals surface area (Å²) in [6.45, 7) is 6.88. The van der Waals surface area contributed by atoms with Gasteiger partial charge in [0.15, 0.2) is 0 Å². The van der Waals surface area contributed by atoms with Crippen LogP contribution in [0.5, 0.6) is 0 Å². The molecule has 0 radical (unpaired) electrons. The third-order valence-corrected chi connectivity index (χ3v) is 4.94. The van der Waals surface area contributed by atoms with Gasteiger partial charge in [-0.05, 0) is 56.7 Å². The molecule has 1 atom stereocenters. The molecule has 27 heavy (non-hydrogen) atoms. The van der Waals surface area contributed by atoms with Crippen molar-refractivity contribution in [3.8, 4) is 0 Å². The van der Waals surface area contributed by atoms with Gasteiger partial charge in [0.05, 0.1) is 0 Å². The first kappa shape index (κ1) is 19.1. The lowest BCUT2D eigenvalue weighted by Crippen LogP contribution is -2.36. The molecular formula is C21H29N5O. The van der Waals surface area contributed by atoms with E-state index in [0.29, 0.717) is 12.3 Å². The standard InChI is InChI=1S/C21H29N5O/c1-3-22-19-13-20(24-15-23-19)26-11-5-7-17(14-26)9-10-21(27)25-18-8-4-6-16(2)12-18/h4,6,8,12-13,15,17H,3,5,7,9-11,14H2,1-2H3,(H,25,27)(H,22,23,24)/t17-/m1/s1. The molecule has 1 aromatic carbocycles. The maximum atomic E-state index is 12.3. The second kappa shape index (κ2) is 9.35. The molecule has 1 fully saturated rings. The highest BCUT2D eigenvalue weighted by Gasteiger charge is 2.22. The average molecular weight is 367 g/mol. The number of nitrogens with zero attached hydrogens (tertiary/aromatic N) is 3. The lowest BCUT2D eigenvalue weighted by molar-refractivity contribution is -0.116. The van der Waals surface area contributed by atoms with Crippen LogP contribution in [-0.2, 0) is 4.79 Å². The number of aryl methyl sites for hydroxylation is 1. The van der Waals surface area contributed by atoms with Gasteiger partial charge >= 0.3 is 0 Å².